The van der Waals surface area contributed by atoms with Crippen LogP contribution in [0.1, 0.15) is 36.8 Å². The largest absolute Gasteiger partial charge is 0.444 e. The van der Waals surface area contributed by atoms with E-state index in [1.54, 1.807) is 45.0 Å². The number of rotatable bonds is 6. The first-order valence-electron chi connectivity index (χ1n) is 8.82. The molecule has 4 N–H and O–H groups in total. The molecular weight excluding hydrogens is 378 g/mol. The normalized spacial score (nSPS) is 10.7. The van der Waals surface area contributed by atoms with E-state index in [2.05, 4.69) is 26.1 Å². The van der Waals surface area contributed by atoms with Gasteiger partial charge in [0.25, 0.3) is 11.5 Å². The number of alkyl carbamates (subject to hydrolysis) is 1. The number of hydrogen-bond acceptors (Lipinski definition) is 6. The third-order valence-electron chi connectivity index (χ3n) is 3.43. The van der Waals surface area contributed by atoms with Gasteiger partial charge in [0.05, 0.1) is 0 Å². The molecule has 0 fully saturated rings. The van der Waals surface area contributed by atoms with E-state index in [1.807, 2.05) is 0 Å². The molecule has 0 saturated heterocycles. The Morgan fingerprint density at radius 1 is 1.07 bits per heavy atom. The van der Waals surface area contributed by atoms with Crippen molar-refractivity contribution in [3.8, 4) is 0 Å². The van der Waals surface area contributed by atoms with Crippen molar-refractivity contribution >= 4 is 23.6 Å². The summed E-state index contributed by atoms with van der Waals surface area (Å²) in [6, 6.07) is 9.40. The Morgan fingerprint density at radius 3 is 2.45 bits per heavy atom. The minimum Gasteiger partial charge on any atom is -0.444 e. The maximum absolute atomic E-state index is 12.1. The number of amides is 3. The Kier molecular flexibility index (Phi) is 7.07. The van der Waals surface area contributed by atoms with Gasteiger partial charge in [-0.25, -0.2) is 9.89 Å². The number of aromatic nitrogens is 2. The minimum atomic E-state index is -0.693. The maximum Gasteiger partial charge on any atom is 0.408 e. The lowest BCUT2D eigenvalue weighted by molar-refractivity contribution is -0.115. The van der Waals surface area contributed by atoms with E-state index in [-0.39, 0.29) is 18.8 Å². The first kappa shape index (κ1) is 21.6. The molecule has 10 nitrogen and oxygen atoms in total. The first-order valence-corrected chi connectivity index (χ1v) is 8.82. The lowest BCUT2D eigenvalue weighted by Crippen LogP contribution is -2.37. The van der Waals surface area contributed by atoms with Crippen molar-refractivity contribution in [1.29, 1.82) is 0 Å². The summed E-state index contributed by atoms with van der Waals surface area (Å²) in [6.07, 6.45) is -0.693. The molecule has 0 aliphatic carbocycles. The van der Waals surface area contributed by atoms with Gasteiger partial charge in [0.1, 0.15) is 17.8 Å². The topological polar surface area (TPSA) is 142 Å². The summed E-state index contributed by atoms with van der Waals surface area (Å²) < 4.78 is 5.07. The van der Waals surface area contributed by atoms with Crippen molar-refractivity contribution in [1.82, 2.24) is 20.8 Å². The van der Waals surface area contributed by atoms with Crippen LogP contribution in [0.25, 0.3) is 0 Å². The van der Waals surface area contributed by atoms with Crippen molar-refractivity contribution in [3.05, 3.63) is 58.0 Å². The Labute approximate surface area is 167 Å². The maximum atomic E-state index is 12.1. The number of nitrogens with zero attached hydrogens (tertiary/aromatic N) is 1. The first-order chi connectivity index (χ1) is 13.6. The van der Waals surface area contributed by atoms with Crippen LogP contribution < -0.4 is 21.5 Å². The lowest BCUT2D eigenvalue weighted by Gasteiger charge is -2.19. The molecular formula is C19H23N5O5. The van der Waals surface area contributed by atoms with Crippen molar-refractivity contribution < 1.29 is 19.1 Å². The second-order valence-electron chi connectivity index (χ2n) is 7.05. The Bertz CT molecular complexity index is 928. The van der Waals surface area contributed by atoms with Crippen molar-refractivity contribution in [3.63, 3.8) is 0 Å². The Morgan fingerprint density at radius 2 is 1.79 bits per heavy atom. The number of ether oxygens (including phenoxy) is 1. The number of benzene rings is 1. The summed E-state index contributed by atoms with van der Waals surface area (Å²) in [4.78, 5) is 46.9. The third kappa shape index (κ3) is 7.45. The van der Waals surface area contributed by atoms with Crippen LogP contribution in [-0.4, -0.2) is 40.3 Å². The highest BCUT2D eigenvalue weighted by Gasteiger charge is 2.17. The predicted molar refractivity (Wildman–Crippen MR) is 105 cm³/mol. The predicted octanol–water partition coefficient (Wildman–Crippen LogP) is 1.16. The molecule has 2 aromatic rings. The molecule has 29 heavy (non-hydrogen) atoms. The molecule has 10 heteroatoms. The zero-order chi connectivity index (χ0) is 21.4. The number of aromatic amines is 1. The van der Waals surface area contributed by atoms with Crippen molar-refractivity contribution in [2.24, 2.45) is 0 Å². The summed E-state index contributed by atoms with van der Waals surface area (Å²) >= 11 is 0. The van der Waals surface area contributed by atoms with E-state index in [9.17, 15) is 19.2 Å². The second kappa shape index (κ2) is 9.49. The molecule has 1 heterocycles. The highest BCUT2D eigenvalue weighted by atomic mass is 16.6. The molecule has 0 saturated carbocycles. The van der Waals surface area contributed by atoms with E-state index in [0.29, 0.717) is 11.3 Å². The van der Waals surface area contributed by atoms with Crippen LogP contribution in [0, 0.1) is 0 Å². The van der Waals surface area contributed by atoms with Crippen LogP contribution in [0.5, 0.6) is 0 Å². The number of carbonyl (C=O) groups is 3. The number of nitrogens with one attached hydrogen (secondary N) is 4. The highest BCUT2D eigenvalue weighted by Crippen LogP contribution is 2.15. The average Bonchev–Trinajstić information content (AvgIpc) is 2.64. The molecule has 1 aromatic heterocycles. The summed E-state index contributed by atoms with van der Waals surface area (Å²) in [7, 11) is 0. The Hall–Kier alpha value is -3.69. The van der Waals surface area contributed by atoms with E-state index in [0.717, 1.165) is 0 Å². The van der Waals surface area contributed by atoms with E-state index >= 15 is 0 Å². The van der Waals surface area contributed by atoms with E-state index in [4.69, 9.17) is 4.74 Å². The number of carbonyl (C=O) groups excluding carboxylic acids is 3. The van der Waals surface area contributed by atoms with Crippen LogP contribution >= 0.6 is 0 Å². The number of H-pyrrole nitrogens is 1. The van der Waals surface area contributed by atoms with Gasteiger partial charge in [-0.3, -0.25) is 14.4 Å². The Balaban J connectivity index is 1.91. The molecule has 0 radical (unpaired) electrons. The van der Waals surface area contributed by atoms with Gasteiger partial charge in [-0.1, -0.05) is 18.2 Å². The fourth-order valence-electron chi connectivity index (χ4n) is 2.19. The van der Waals surface area contributed by atoms with Crippen LogP contribution in [0.2, 0.25) is 0 Å². The smallest absolute Gasteiger partial charge is 0.408 e. The van der Waals surface area contributed by atoms with Gasteiger partial charge in [0, 0.05) is 18.3 Å². The molecule has 154 valence electrons. The number of hydrogen-bond donors (Lipinski definition) is 4. The molecule has 0 aliphatic rings. The average molecular weight is 401 g/mol. The standard InChI is InChI=1S/C19H23N5O5/c1-19(2,3)29-18(28)21-11-16(26)22-13-7-5-4-6-12(13)10-20-17(27)14-8-9-15(25)24-23-14/h4-9H,10-11H2,1-3H3,(H,20,27)(H,21,28)(H,22,26)(H,24,25). The zero-order valence-corrected chi connectivity index (χ0v) is 16.4. The van der Waals surface area contributed by atoms with Crippen molar-refractivity contribution in [2.75, 3.05) is 11.9 Å². The fraction of sp³-hybridized carbons (Fsp3) is 0.316. The molecule has 3 amide bonds. The highest BCUT2D eigenvalue weighted by molar-refractivity contribution is 5.95. The molecule has 0 unspecified atom stereocenters. The van der Waals surface area contributed by atoms with Crippen LogP contribution in [0.3, 0.4) is 0 Å². The number of anilines is 1. The zero-order valence-electron chi connectivity index (χ0n) is 16.4. The summed E-state index contributed by atoms with van der Waals surface area (Å²) in [5.41, 5.74) is 0.128. The van der Waals surface area contributed by atoms with Gasteiger partial charge < -0.3 is 20.7 Å². The molecule has 0 aliphatic heterocycles. The fourth-order valence-corrected chi connectivity index (χ4v) is 2.19. The van der Waals surface area contributed by atoms with Crippen LogP contribution in [0.15, 0.2) is 41.2 Å². The van der Waals surface area contributed by atoms with Gasteiger partial charge in [0.2, 0.25) is 5.91 Å². The van der Waals surface area contributed by atoms with Gasteiger partial charge in [-0.2, -0.15) is 5.10 Å². The third-order valence-corrected chi connectivity index (χ3v) is 3.43. The molecule has 2 rings (SSSR count). The molecule has 0 bridgehead atoms. The quantitative estimate of drug-likeness (QED) is 0.572. The lowest BCUT2D eigenvalue weighted by atomic mass is 10.1. The summed E-state index contributed by atoms with van der Waals surface area (Å²) in [5.74, 6) is -0.925. The van der Waals surface area contributed by atoms with E-state index < -0.39 is 29.1 Å². The van der Waals surface area contributed by atoms with Crippen LogP contribution in [0.4, 0.5) is 10.5 Å². The molecule has 1 aromatic carbocycles. The summed E-state index contributed by atoms with van der Waals surface area (Å²) in [6.45, 7) is 5.02. The molecule has 0 atom stereocenters. The van der Waals surface area contributed by atoms with Gasteiger partial charge >= 0.3 is 6.09 Å². The van der Waals surface area contributed by atoms with Gasteiger partial charge in [-0.05, 0) is 38.5 Å². The number of para-hydroxylation sites is 1. The van der Waals surface area contributed by atoms with Crippen LogP contribution in [-0.2, 0) is 16.1 Å². The van der Waals surface area contributed by atoms with Crippen molar-refractivity contribution in [2.45, 2.75) is 32.9 Å². The monoisotopic (exact) mass is 401 g/mol. The second-order valence-corrected chi connectivity index (χ2v) is 7.05. The molecule has 0 spiro atoms. The van der Waals surface area contributed by atoms with E-state index in [1.165, 1.54) is 12.1 Å². The minimum absolute atomic E-state index is 0.0627. The van der Waals surface area contributed by atoms with Gasteiger partial charge in [-0.15, -0.1) is 0 Å². The SMILES string of the molecule is CC(C)(C)OC(=O)NCC(=O)Nc1ccccc1CNC(=O)c1ccc(=O)[nH]n1. The summed E-state index contributed by atoms with van der Waals surface area (Å²) in [5, 5.41) is 13.6. The van der Waals surface area contributed by atoms with Gasteiger partial charge in [0.15, 0.2) is 0 Å².